The molecule has 0 aromatic carbocycles. The van der Waals surface area contributed by atoms with Gasteiger partial charge in [0.2, 0.25) is 0 Å². The van der Waals surface area contributed by atoms with Gasteiger partial charge in [-0.15, -0.1) is 0 Å². The maximum Gasteiger partial charge on any atom is 0.192 e. The summed E-state index contributed by atoms with van der Waals surface area (Å²) in [5, 5.41) is 17.8. The molecule has 0 saturated carbocycles. The van der Waals surface area contributed by atoms with E-state index in [9.17, 15) is 4.79 Å². The molecule has 0 aliphatic carbocycles. The summed E-state index contributed by atoms with van der Waals surface area (Å²) < 4.78 is 4.81. The van der Waals surface area contributed by atoms with Crippen LogP contribution in [0.25, 0.3) is 0 Å². The Balaban J connectivity index is 2.60. The number of rotatable bonds is 0. The van der Waals surface area contributed by atoms with Crippen LogP contribution in [0.5, 0.6) is 0 Å². The van der Waals surface area contributed by atoms with Crippen molar-refractivity contribution in [1.29, 1.82) is 0 Å². The number of hydrogen-bond donors (Lipinski definition) is 2. The molecule has 1 aliphatic rings. The molecule has 10 heavy (non-hydrogen) atoms. The molecule has 1 saturated heterocycles. The Morgan fingerprint density at radius 3 is 2.70 bits per heavy atom. The minimum atomic E-state index is -1.26. The quantitative estimate of drug-likeness (QED) is 0.445. The molecule has 2 N–H and O–H groups in total. The zero-order valence-corrected chi connectivity index (χ0v) is 5.65. The minimum Gasteiger partial charge on any atom is -0.388 e. The van der Waals surface area contributed by atoms with Gasteiger partial charge in [-0.25, -0.2) is 0 Å². The SMILES string of the molecule is C[C@@H]1OC[C@H](O)[C@H](O)C1=O. The smallest absolute Gasteiger partial charge is 0.192 e. The van der Waals surface area contributed by atoms with E-state index in [0.29, 0.717) is 0 Å². The summed E-state index contributed by atoms with van der Waals surface area (Å²) in [5.41, 5.74) is 0. The van der Waals surface area contributed by atoms with Crippen molar-refractivity contribution in [2.24, 2.45) is 0 Å². The number of ether oxygens (including phenoxy) is 1. The van der Waals surface area contributed by atoms with Crippen LogP contribution in [0.1, 0.15) is 6.92 Å². The largest absolute Gasteiger partial charge is 0.388 e. The van der Waals surface area contributed by atoms with Crippen molar-refractivity contribution in [1.82, 2.24) is 0 Å². The molecule has 1 rings (SSSR count). The number of hydrogen-bond acceptors (Lipinski definition) is 4. The molecule has 1 heterocycles. The molecule has 0 spiro atoms. The van der Waals surface area contributed by atoms with Gasteiger partial charge in [0, 0.05) is 0 Å². The number of Topliss-reactive ketones (excluding diaryl/α,β-unsaturated/α-hetero) is 1. The van der Waals surface area contributed by atoms with Gasteiger partial charge in [0.05, 0.1) is 6.61 Å². The van der Waals surface area contributed by atoms with E-state index >= 15 is 0 Å². The Bertz CT molecular complexity index is 145. The Labute approximate surface area is 58.4 Å². The maximum atomic E-state index is 10.8. The van der Waals surface area contributed by atoms with Crippen LogP contribution < -0.4 is 0 Å². The van der Waals surface area contributed by atoms with Gasteiger partial charge in [-0.05, 0) is 6.92 Å². The summed E-state index contributed by atoms with van der Waals surface area (Å²) >= 11 is 0. The number of carbonyl (C=O) groups is 1. The van der Waals surface area contributed by atoms with E-state index < -0.39 is 24.1 Å². The first-order valence-electron chi connectivity index (χ1n) is 3.14. The van der Waals surface area contributed by atoms with Gasteiger partial charge >= 0.3 is 0 Å². The third-order valence-corrected chi connectivity index (χ3v) is 1.57. The molecule has 4 heteroatoms. The van der Waals surface area contributed by atoms with Crippen molar-refractivity contribution in [2.45, 2.75) is 25.2 Å². The van der Waals surface area contributed by atoms with Gasteiger partial charge < -0.3 is 14.9 Å². The predicted octanol–water partition coefficient (Wildman–Crippen LogP) is -1.30. The Morgan fingerprint density at radius 1 is 1.60 bits per heavy atom. The highest BCUT2D eigenvalue weighted by atomic mass is 16.5. The van der Waals surface area contributed by atoms with Crippen LogP contribution >= 0.6 is 0 Å². The van der Waals surface area contributed by atoms with Crippen molar-refractivity contribution in [3.63, 3.8) is 0 Å². The average Bonchev–Trinajstić information content (AvgIpc) is 1.93. The maximum absolute atomic E-state index is 10.8. The molecule has 0 amide bonds. The fourth-order valence-electron chi connectivity index (χ4n) is 0.846. The summed E-state index contributed by atoms with van der Waals surface area (Å²) in [5.74, 6) is -0.446. The summed E-state index contributed by atoms with van der Waals surface area (Å²) in [4.78, 5) is 10.8. The molecule has 3 atom stereocenters. The highest BCUT2D eigenvalue weighted by Crippen LogP contribution is 2.09. The van der Waals surface area contributed by atoms with Gasteiger partial charge in [-0.2, -0.15) is 0 Å². The summed E-state index contributed by atoms with van der Waals surface area (Å²) in [6.45, 7) is 1.59. The lowest BCUT2D eigenvalue weighted by Crippen LogP contribution is -2.48. The van der Waals surface area contributed by atoms with Crippen LogP contribution in [-0.4, -0.2) is 40.9 Å². The molecular weight excluding hydrogens is 136 g/mol. The third kappa shape index (κ3) is 1.18. The van der Waals surface area contributed by atoms with E-state index in [0.717, 1.165) is 0 Å². The molecular formula is C6H10O4. The van der Waals surface area contributed by atoms with Crippen LogP contribution in [-0.2, 0) is 9.53 Å². The number of ketones is 1. The van der Waals surface area contributed by atoms with Crippen LogP contribution in [0, 0.1) is 0 Å². The Kier molecular flexibility index (Phi) is 2.03. The molecule has 4 nitrogen and oxygen atoms in total. The fraction of sp³-hybridized carbons (Fsp3) is 0.833. The van der Waals surface area contributed by atoms with E-state index in [-0.39, 0.29) is 6.61 Å². The average molecular weight is 146 g/mol. The van der Waals surface area contributed by atoms with Crippen LogP contribution in [0.2, 0.25) is 0 Å². The van der Waals surface area contributed by atoms with Gasteiger partial charge in [-0.1, -0.05) is 0 Å². The summed E-state index contributed by atoms with van der Waals surface area (Å²) in [6.07, 6.45) is -2.90. The lowest BCUT2D eigenvalue weighted by Gasteiger charge is -2.26. The predicted molar refractivity (Wildman–Crippen MR) is 32.4 cm³/mol. The molecule has 0 unspecified atom stereocenters. The first-order chi connectivity index (χ1) is 4.63. The van der Waals surface area contributed by atoms with Gasteiger partial charge in [0.1, 0.15) is 18.3 Å². The van der Waals surface area contributed by atoms with Crippen molar-refractivity contribution in [3.05, 3.63) is 0 Å². The summed E-state index contributed by atoms with van der Waals surface area (Å²) in [6, 6.07) is 0. The van der Waals surface area contributed by atoms with E-state index in [4.69, 9.17) is 14.9 Å². The molecule has 0 aromatic heterocycles. The second kappa shape index (κ2) is 2.65. The first-order valence-corrected chi connectivity index (χ1v) is 3.14. The van der Waals surface area contributed by atoms with Crippen LogP contribution in [0.15, 0.2) is 0 Å². The van der Waals surface area contributed by atoms with Crippen LogP contribution in [0.3, 0.4) is 0 Å². The standard InChI is InChI=1S/C6H10O4/c1-3-5(8)6(9)4(7)2-10-3/h3-4,6-7,9H,2H2,1H3/t3-,4-,6-/m0/s1. The second-order valence-corrected chi connectivity index (χ2v) is 2.39. The number of carbonyl (C=O) groups excluding carboxylic acids is 1. The van der Waals surface area contributed by atoms with Crippen molar-refractivity contribution < 1.29 is 19.7 Å². The molecule has 1 aliphatic heterocycles. The highest BCUT2D eigenvalue weighted by molar-refractivity contribution is 5.87. The van der Waals surface area contributed by atoms with E-state index in [1.165, 1.54) is 0 Å². The van der Waals surface area contributed by atoms with E-state index in [1.54, 1.807) is 6.92 Å². The van der Waals surface area contributed by atoms with Crippen molar-refractivity contribution in [3.8, 4) is 0 Å². The Morgan fingerprint density at radius 2 is 2.20 bits per heavy atom. The molecule has 58 valence electrons. The van der Waals surface area contributed by atoms with Crippen molar-refractivity contribution in [2.75, 3.05) is 6.61 Å². The molecule has 0 aromatic rings. The van der Waals surface area contributed by atoms with Gasteiger partial charge in [-0.3, -0.25) is 4.79 Å². The summed E-state index contributed by atoms with van der Waals surface area (Å²) in [7, 11) is 0. The zero-order valence-electron chi connectivity index (χ0n) is 5.65. The number of aliphatic hydroxyl groups excluding tert-OH is 2. The van der Waals surface area contributed by atoms with E-state index in [1.807, 2.05) is 0 Å². The van der Waals surface area contributed by atoms with Crippen LogP contribution in [0.4, 0.5) is 0 Å². The lowest BCUT2D eigenvalue weighted by atomic mass is 10.0. The highest BCUT2D eigenvalue weighted by Gasteiger charge is 2.33. The third-order valence-electron chi connectivity index (χ3n) is 1.57. The lowest BCUT2D eigenvalue weighted by molar-refractivity contribution is -0.161. The molecule has 1 fully saturated rings. The second-order valence-electron chi connectivity index (χ2n) is 2.39. The first kappa shape index (κ1) is 7.65. The monoisotopic (exact) mass is 146 g/mol. The minimum absolute atomic E-state index is 0.0358. The topological polar surface area (TPSA) is 66.8 Å². The zero-order chi connectivity index (χ0) is 7.72. The number of aliphatic hydroxyl groups is 2. The van der Waals surface area contributed by atoms with Gasteiger partial charge in [0.15, 0.2) is 5.78 Å². The molecule has 0 radical (unpaired) electrons. The Hall–Kier alpha value is -0.450. The van der Waals surface area contributed by atoms with Gasteiger partial charge in [0.25, 0.3) is 0 Å². The van der Waals surface area contributed by atoms with Crippen molar-refractivity contribution >= 4 is 5.78 Å². The fourth-order valence-corrected chi connectivity index (χ4v) is 0.846. The molecule has 0 bridgehead atoms. The normalized spacial score (nSPS) is 41.9. The van der Waals surface area contributed by atoms with E-state index in [2.05, 4.69) is 0 Å².